The molecule has 236 valence electrons. The Morgan fingerprint density at radius 3 is 2.43 bits per heavy atom. The van der Waals surface area contributed by atoms with Crippen LogP contribution >= 0.6 is 27.5 Å². The highest BCUT2D eigenvalue weighted by molar-refractivity contribution is 9.10. The molecule has 0 aliphatic carbocycles. The number of sulfonamides is 1. The number of hydrogen-bond acceptors (Lipinski definition) is 7. The summed E-state index contributed by atoms with van der Waals surface area (Å²) in [5.41, 5.74) is 0.496. The lowest BCUT2D eigenvalue weighted by Crippen LogP contribution is -2.52. The summed E-state index contributed by atoms with van der Waals surface area (Å²) >= 11 is 9.68. The van der Waals surface area contributed by atoms with Crippen molar-refractivity contribution < 1.29 is 27.7 Å². The summed E-state index contributed by atoms with van der Waals surface area (Å²) in [6.45, 7) is 6.03. The van der Waals surface area contributed by atoms with Gasteiger partial charge in [0.05, 0.1) is 22.6 Å². The summed E-state index contributed by atoms with van der Waals surface area (Å²) < 4.78 is 35.4. The first kappa shape index (κ1) is 34.8. The zero-order valence-corrected chi connectivity index (χ0v) is 28.1. The van der Waals surface area contributed by atoms with Gasteiger partial charge in [-0.25, -0.2) is 8.42 Å². The van der Waals surface area contributed by atoms with Gasteiger partial charge in [-0.15, -0.1) is 0 Å². The fourth-order valence-corrected chi connectivity index (χ4v) is 6.38. The van der Waals surface area contributed by atoms with Gasteiger partial charge in [-0.1, -0.05) is 52.7 Å². The van der Waals surface area contributed by atoms with Crippen LogP contribution in [0.15, 0.2) is 70.0 Å². The predicted octanol–water partition coefficient (Wildman–Crippen LogP) is 5.86. The molecular weight excluding hydrogens is 676 g/mol. The Kier molecular flexibility index (Phi) is 11.8. The first-order chi connectivity index (χ1) is 20.7. The number of carbonyl (C=O) groups excluding carboxylic acids is 2. The van der Waals surface area contributed by atoms with E-state index >= 15 is 0 Å². The minimum absolute atomic E-state index is 0.00998. The molecule has 0 saturated carbocycles. The number of benzene rings is 3. The third-order valence-electron chi connectivity index (χ3n) is 7.06. The summed E-state index contributed by atoms with van der Waals surface area (Å²) in [6.07, 6.45) is 0.668. The van der Waals surface area contributed by atoms with Crippen molar-refractivity contribution in [2.75, 3.05) is 18.0 Å². The second-order valence-electron chi connectivity index (χ2n) is 10.2. The number of halogens is 2. The van der Waals surface area contributed by atoms with Gasteiger partial charge in [0.2, 0.25) is 11.8 Å². The maximum absolute atomic E-state index is 14.2. The molecule has 3 rings (SSSR count). The van der Waals surface area contributed by atoms with Crippen molar-refractivity contribution >= 4 is 60.7 Å². The Morgan fingerprint density at radius 2 is 1.82 bits per heavy atom. The van der Waals surface area contributed by atoms with Crippen LogP contribution in [0.2, 0.25) is 5.02 Å². The van der Waals surface area contributed by atoms with Crippen LogP contribution in [-0.4, -0.2) is 55.8 Å². The summed E-state index contributed by atoms with van der Waals surface area (Å²) in [7, 11) is -3.29. The number of aryl methyl sites for hydroxylation is 1. The Morgan fingerprint density at radius 1 is 1.11 bits per heavy atom. The van der Waals surface area contributed by atoms with Gasteiger partial charge in [-0.05, 0) is 69.2 Å². The zero-order valence-electron chi connectivity index (χ0n) is 24.9. The lowest BCUT2D eigenvalue weighted by atomic mass is 10.1. The highest BCUT2D eigenvalue weighted by Gasteiger charge is 2.35. The van der Waals surface area contributed by atoms with Crippen molar-refractivity contribution in [1.82, 2.24) is 10.2 Å². The van der Waals surface area contributed by atoms with E-state index in [1.807, 2.05) is 19.9 Å². The third-order valence-corrected chi connectivity index (χ3v) is 9.55. The number of ether oxygens (including phenoxy) is 1. The molecule has 0 heterocycles. The molecule has 0 fully saturated rings. The second-order valence-corrected chi connectivity index (χ2v) is 13.4. The number of carbonyl (C=O) groups is 2. The van der Waals surface area contributed by atoms with Crippen LogP contribution in [0, 0.1) is 17.0 Å². The van der Waals surface area contributed by atoms with Crippen molar-refractivity contribution in [2.45, 2.75) is 57.6 Å². The van der Waals surface area contributed by atoms with Crippen molar-refractivity contribution in [3.8, 4) is 5.75 Å². The number of nitro groups is 1. The number of nitro benzene ring substituents is 1. The van der Waals surface area contributed by atoms with Crippen LogP contribution in [0.3, 0.4) is 0 Å². The van der Waals surface area contributed by atoms with E-state index in [1.165, 1.54) is 49.3 Å². The largest absolute Gasteiger partial charge is 0.495 e. The van der Waals surface area contributed by atoms with Crippen LogP contribution in [-0.2, 0) is 26.2 Å². The van der Waals surface area contributed by atoms with E-state index < -0.39 is 49.9 Å². The van der Waals surface area contributed by atoms with Crippen molar-refractivity contribution in [3.05, 3.63) is 91.4 Å². The van der Waals surface area contributed by atoms with Gasteiger partial charge in [0, 0.05) is 33.7 Å². The van der Waals surface area contributed by atoms with Crippen LogP contribution in [0.25, 0.3) is 0 Å². The molecule has 0 unspecified atom stereocenters. The summed E-state index contributed by atoms with van der Waals surface area (Å²) in [5, 5.41) is 14.7. The number of amides is 2. The van der Waals surface area contributed by atoms with Crippen molar-refractivity contribution in [3.63, 3.8) is 0 Å². The van der Waals surface area contributed by atoms with E-state index in [2.05, 4.69) is 21.2 Å². The van der Waals surface area contributed by atoms with E-state index in [0.717, 1.165) is 14.8 Å². The smallest absolute Gasteiger partial charge is 0.273 e. The van der Waals surface area contributed by atoms with Crippen LogP contribution < -0.4 is 14.4 Å². The maximum atomic E-state index is 14.2. The van der Waals surface area contributed by atoms with E-state index in [9.17, 15) is 28.1 Å². The van der Waals surface area contributed by atoms with Crippen LogP contribution in [0.5, 0.6) is 5.75 Å². The SMILES string of the molecule is CC[C@H](C)NC(=O)[C@@H](C)N(Cc1cccc(Br)c1)C(=O)CN(c1cc(Cl)ccc1OC)S(=O)(=O)c1ccc(C)c([N+](=O)[O-])c1. The molecule has 3 aromatic carbocycles. The second kappa shape index (κ2) is 14.9. The lowest BCUT2D eigenvalue weighted by molar-refractivity contribution is -0.385. The topological polar surface area (TPSA) is 139 Å². The van der Waals surface area contributed by atoms with Gasteiger partial charge < -0.3 is 15.0 Å². The quantitative estimate of drug-likeness (QED) is 0.173. The van der Waals surface area contributed by atoms with E-state index in [0.29, 0.717) is 12.0 Å². The third kappa shape index (κ3) is 8.27. The molecule has 14 heteroatoms. The molecule has 0 radical (unpaired) electrons. The summed E-state index contributed by atoms with van der Waals surface area (Å²) in [6, 6.07) is 13.8. The van der Waals surface area contributed by atoms with E-state index in [4.69, 9.17) is 16.3 Å². The molecule has 0 saturated heterocycles. The zero-order chi connectivity index (χ0) is 32.8. The average Bonchev–Trinajstić information content (AvgIpc) is 2.97. The monoisotopic (exact) mass is 708 g/mol. The Hall–Kier alpha value is -3.68. The number of methoxy groups -OCH3 is 1. The summed E-state index contributed by atoms with van der Waals surface area (Å²) in [5.74, 6) is -1.02. The Balaban J connectivity index is 2.16. The summed E-state index contributed by atoms with van der Waals surface area (Å²) in [4.78, 5) is 39.2. The number of hydrogen-bond donors (Lipinski definition) is 1. The van der Waals surface area contributed by atoms with Crippen molar-refractivity contribution in [2.24, 2.45) is 0 Å². The van der Waals surface area contributed by atoms with E-state index in [1.54, 1.807) is 25.1 Å². The molecule has 11 nitrogen and oxygen atoms in total. The van der Waals surface area contributed by atoms with Gasteiger partial charge in [-0.2, -0.15) is 0 Å². The van der Waals surface area contributed by atoms with Crippen molar-refractivity contribution in [1.29, 1.82) is 0 Å². The maximum Gasteiger partial charge on any atom is 0.273 e. The van der Waals surface area contributed by atoms with Gasteiger partial charge in [0.1, 0.15) is 18.3 Å². The molecule has 2 amide bonds. The molecule has 0 aromatic heterocycles. The first-order valence-electron chi connectivity index (χ1n) is 13.6. The minimum Gasteiger partial charge on any atom is -0.495 e. The molecule has 1 N–H and O–H groups in total. The normalized spacial score (nSPS) is 12.6. The molecule has 3 aromatic rings. The van der Waals surface area contributed by atoms with Gasteiger partial charge in [-0.3, -0.25) is 24.0 Å². The van der Waals surface area contributed by atoms with E-state index in [-0.39, 0.29) is 34.6 Å². The van der Waals surface area contributed by atoms with Gasteiger partial charge >= 0.3 is 0 Å². The Bertz CT molecular complexity index is 1650. The molecule has 0 aliphatic rings. The molecule has 0 bridgehead atoms. The highest BCUT2D eigenvalue weighted by atomic mass is 79.9. The standard InChI is InChI=1S/C30H34BrClN4O7S/c1-6-20(3)33-30(38)21(4)34(17-22-8-7-9-23(31)14-22)29(37)18-35(27-15-24(32)11-13-28(27)43-5)44(41,42)25-12-10-19(2)26(16-25)36(39)40/h7-16,20-21H,6,17-18H2,1-5H3,(H,33,38)/t20-,21+/m0/s1. The lowest BCUT2D eigenvalue weighted by Gasteiger charge is -2.33. The fourth-order valence-electron chi connectivity index (χ4n) is 4.33. The van der Waals surface area contributed by atoms with Gasteiger partial charge in [0.25, 0.3) is 15.7 Å². The predicted molar refractivity (Wildman–Crippen MR) is 172 cm³/mol. The number of nitrogens with one attached hydrogen (secondary N) is 1. The molecule has 2 atom stereocenters. The molecule has 0 spiro atoms. The van der Waals surface area contributed by atoms with Gasteiger partial charge in [0.15, 0.2) is 0 Å². The number of anilines is 1. The minimum atomic E-state index is -4.62. The first-order valence-corrected chi connectivity index (χ1v) is 16.3. The Labute approximate surface area is 270 Å². The number of rotatable bonds is 13. The molecule has 0 aliphatic heterocycles. The van der Waals surface area contributed by atoms with Crippen LogP contribution in [0.1, 0.15) is 38.3 Å². The fraction of sp³-hybridized carbons (Fsp3) is 0.333. The van der Waals surface area contributed by atoms with Crippen LogP contribution in [0.4, 0.5) is 11.4 Å². The molecular formula is C30H34BrClN4O7S. The highest BCUT2D eigenvalue weighted by Crippen LogP contribution is 2.36. The molecule has 44 heavy (non-hydrogen) atoms. The average molecular weight is 710 g/mol. The number of nitrogens with zero attached hydrogens (tertiary/aromatic N) is 3.